The number of hydrogen-bond acceptors (Lipinski definition) is 3. The van der Waals surface area contributed by atoms with E-state index >= 15 is 0 Å². The molecule has 0 bridgehead atoms. The van der Waals surface area contributed by atoms with Crippen LogP contribution in [0.1, 0.15) is 21.8 Å². The first-order valence-corrected chi connectivity index (χ1v) is 7.83. The largest absolute Gasteiger partial charge is 0.336 e. The zero-order chi connectivity index (χ0) is 15.7. The summed E-state index contributed by atoms with van der Waals surface area (Å²) in [6.45, 7) is 1.09. The summed E-state index contributed by atoms with van der Waals surface area (Å²) in [7, 11) is 0. The van der Waals surface area contributed by atoms with Gasteiger partial charge in [0.05, 0.1) is 10.0 Å². The van der Waals surface area contributed by atoms with Crippen molar-refractivity contribution in [2.75, 3.05) is 13.1 Å². The molecule has 3 rings (SSSR count). The maximum Gasteiger partial charge on any atom is 0.262 e. The maximum absolute atomic E-state index is 12.6. The average molecular weight is 399 g/mol. The molecule has 23 heavy (non-hydrogen) atoms. The number of H-pyrrole nitrogens is 1. The third kappa shape index (κ3) is 3.65. The number of nitrogens with two attached hydrogens (primary N) is 1. The molecule has 3 N–H and O–H groups in total. The minimum absolute atomic E-state index is 0. The van der Waals surface area contributed by atoms with Crippen LogP contribution in [-0.4, -0.2) is 34.9 Å². The van der Waals surface area contributed by atoms with Gasteiger partial charge in [0, 0.05) is 31.2 Å². The number of pyridine rings is 1. The smallest absolute Gasteiger partial charge is 0.262 e. The topological polar surface area (TPSA) is 79.2 Å². The highest BCUT2D eigenvalue weighted by molar-refractivity contribution is 9.10. The molecule has 2 atom stereocenters. The van der Waals surface area contributed by atoms with Crippen molar-refractivity contribution in [3.8, 4) is 0 Å². The molecule has 7 heteroatoms. The Labute approximate surface area is 148 Å². The summed E-state index contributed by atoms with van der Waals surface area (Å²) in [5.74, 6) is 0.0159. The van der Waals surface area contributed by atoms with Crippen molar-refractivity contribution in [3.63, 3.8) is 0 Å². The Hall–Kier alpha value is -1.63. The number of halogens is 2. The van der Waals surface area contributed by atoms with Crippen LogP contribution >= 0.6 is 28.3 Å². The lowest BCUT2D eigenvalue weighted by molar-refractivity contribution is 0.0788. The van der Waals surface area contributed by atoms with Crippen LogP contribution in [0.25, 0.3) is 0 Å². The number of carbonyl (C=O) groups excluding carboxylic acids is 1. The number of nitrogens with zero attached hydrogens (tertiary/aromatic N) is 1. The zero-order valence-corrected chi connectivity index (χ0v) is 14.6. The molecular formula is C16H17BrClN3O2. The van der Waals surface area contributed by atoms with Gasteiger partial charge in [-0.05, 0) is 27.6 Å². The Bertz CT molecular complexity index is 750. The lowest BCUT2D eigenvalue weighted by Crippen LogP contribution is -2.32. The Morgan fingerprint density at radius 3 is 2.61 bits per heavy atom. The lowest BCUT2D eigenvalue weighted by Gasteiger charge is -2.16. The predicted octanol–water partition coefficient (Wildman–Crippen LogP) is 2.13. The zero-order valence-electron chi connectivity index (χ0n) is 12.2. The van der Waals surface area contributed by atoms with Crippen molar-refractivity contribution in [2.24, 2.45) is 5.73 Å². The van der Waals surface area contributed by atoms with E-state index in [1.807, 2.05) is 30.3 Å². The van der Waals surface area contributed by atoms with Gasteiger partial charge in [0.15, 0.2) is 0 Å². The number of hydrogen-bond donors (Lipinski definition) is 2. The molecule has 1 aliphatic heterocycles. The van der Waals surface area contributed by atoms with Gasteiger partial charge in [-0.25, -0.2) is 0 Å². The lowest BCUT2D eigenvalue weighted by atomic mass is 9.95. The first-order chi connectivity index (χ1) is 10.6. The fourth-order valence-electron chi connectivity index (χ4n) is 2.81. The quantitative estimate of drug-likeness (QED) is 0.813. The molecule has 5 nitrogen and oxygen atoms in total. The van der Waals surface area contributed by atoms with Crippen LogP contribution in [0.15, 0.2) is 51.9 Å². The number of aromatic nitrogens is 1. The van der Waals surface area contributed by atoms with E-state index in [4.69, 9.17) is 5.73 Å². The van der Waals surface area contributed by atoms with Crippen molar-refractivity contribution in [3.05, 3.63) is 68.5 Å². The number of benzene rings is 1. The van der Waals surface area contributed by atoms with Gasteiger partial charge in [0.1, 0.15) is 0 Å². The van der Waals surface area contributed by atoms with Crippen molar-refractivity contribution in [1.29, 1.82) is 0 Å². The van der Waals surface area contributed by atoms with Gasteiger partial charge in [-0.15, -0.1) is 12.4 Å². The molecule has 1 fully saturated rings. The molecule has 1 aromatic heterocycles. The normalized spacial score (nSPS) is 20.2. The Kier molecular flexibility index (Phi) is 5.62. The van der Waals surface area contributed by atoms with Gasteiger partial charge in [-0.2, -0.15) is 0 Å². The molecule has 1 aromatic carbocycles. The molecule has 0 unspecified atom stereocenters. The SMILES string of the molecule is Cl.N[C@@H]1CN(C(=O)c2c[nH]c(=O)c(Br)c2)C[C@H]1c1ccccc1. The van der Waals surface area contributed by atoms with E-state index in [9.17, 15) is 9.59 Å². The van der Waals surface area contributed by atoms with E-state index in [-0.39, 0.29) is 35.8 Å². The van der Waals surface area contributed by atoms with Crippen LogP contribution in [0, 0.1) is 0 Å². The van der Waals surface area contributed by atoms with E-state index in [1.54, 1.807) is 11.0 Å². The third-order valence-electron chi connectivity index (χ3n) is 3.98. The molecule has 0 spiro atoms. The van der Waals surface area contributed by atoms with Crippen molar-refractivity contribution in [2.45, 2.75) is 12.0 Å². The van der Waals surface area contributed by atoms with Crippen LogP contribution in [0.5, 0.6) is 0 Å². The average Bonchev–Trinajstić information content (AvgIpc) is 2.92. The third-order valence-corrected chi connectivity index (χ3v) is 4.57. The van der Waals surface area contributed by atoms with Gasteiger partial charge < -0.3 is 15.6 Å². The molecule has 1 saturated heterocycles. The van der Waals surface area contributed by atoms with Crippen LogP contribution in [0.3, 0.4) is 0 Å². The molecule has 0 aliphatic carbocycles. The molecule has 0 radical (unpaired) electrons. The maximum atomic E-state index is 12.6. The van der Waals surface area contributed by atoms with Gasteiger partial charge >= 0.3 is 0 Å². The summed E-state index contributed by atoms with van der Waals surface area (Å²) in [5, 5.41) is 0. The first kappa shape index (κ1) is 17.7. The number of aromatic amines is 1. The highest BCUT2D eigenvalue weighted by atomic mass is 79.9. The van der Waals surface area contributed by atoms with E-state index < -0.39 is 0 Å². The Morgan fingerprint density at radius 1 is 1.26 bits per heavy atom. The van der Waals surface area contributed by atoms with Crippen LogP contribution in [0.2, 0.25) is 0 Å². The second-order valence-electron chi connectivity index (χ2n) is 5.46. The second kappa shape index (κ2) is 7.29. The van der Waals surface area contributed by atoms with Gasteiger partial charge in [-0.3, -0.25) is 9.59 Å². The number of likely N-dealkylation sites (tertiary alicyclic amines) is 1. The molecule has 0 saturated carbocycles. The van der Waals surface area contributed by atoms with E-state index in [2.05, 4.69) is 20.9 Å². The second-order valence-corrected chi connectivity index (χ2v) is 6.31. The van der Waals surface area contributed by atoms with Gasteiger partial charge in [0.25, 0.3) is 11.5 Å². The summed E-state index contributed by atoms with van der Waals surface area (Å²) >= 11 is 3.14. The van der Waals surface area contributed by atoms with E-state index in [1.165, 1.54) is 6.20 Å². The van der Waals surface area contributed by atoms with Crippen molar-refractivity contribution in [1.82, 2.24) is 9.88 Å². The summed E-state index contributed by atoms with van der Waals surface area (Å²) in [6.07, 6.45) is 1.44. The fraction of sp³-hybridized carbons (Fsp3) is 0.250. The van der Waals surface area contributed by atoms with Gasteiger partial charge in [0.2, 0.25) is 0 Å². The first-order valence-electron chi connectivity index (χ1n) is 7.04. The minimum atomic E-state index is -0.253. The van der Waals surface area contributed by atoms with Crippen LogP contribution < -0.4 is 11.3 Å². The highest BCUT2D eigenvalue weighted by Gasteiger charge is 2.34. The Balaban J connectivity index is 0.00000192. The molecule has 2 aromatic rings. The van der Waals surface area contributed by atoms with Crippen LogP contribution in [-0.2, 0) is 0 Å². The molecule has 122 valence electrons. The molecule has 1 amide bonds. The molecular weight excluding hydrogens is 382 g/mol. The van der Waals surface area contributed by atoms with E-state index in [0.29, 0.717) is 23.1 Å². The summed E-state index contributed by atoms with van der Waals surface area (Å²) in [6, 6.07) is 11.5. The summed E-state index contributed by atoms with van der Waals surface area (Å²) in [4.78, 5) is 28.2. The number of nitrogens with one attached hydrogen (secondary N) is 1. The number of rotatable bonds is 2. The highest BCUT2D eigenvalue weighted by Crippen LogP contribution is 2.27. The predicted molar refractivity (Wildman–Crippen MR) is 95.1 cm³/mol. The summed E-state index contributed by atoms with van der Waals surface area (Å²) < 4.78 is 0.349. The minimum Gasteiger partial charge on any atom is -0.336 e. The van der Waals surface area contributed by atoms with Crippen molar-refractivity contribution >= 4 is 34.2 Å². The fourth-order valence-corrected chi connectivity index (χ4v) is 3.17. The van der Waals surface area contributed by atoms with E-state index in [0.717, 1.165) is 5.56 Å². The van der Waals surface area contributed by atoms with Crippen molar-refractivity contribution < 1.29 is 4.79 Å². The number of amides is 1. The van der Waals surface area contributed by atoms with Crippen LogP contribution in [0.4, 0.5) is 0 Å². The number of carbonyl (C=O) groups is 1. The monoisotopic (exact) mass is 397 g/mol. The van der Waals surface area contributed by atoms with Gasteiger partial charge in [-0.1, -0.05) is 30.3 Å². The summed E-state index contributed by atoms with van der Waals surface area (Å²) in [5.41, 5.74) is 7.55. The molecule has 1 aliphatic rings. The Morgan fingerprint density at radius 2 is 1.96 bits per heavy atom. The standard InChI is InChI=1S/C16H16BrN3O2.ClH/c17-13-6-11(7-19-15(13)21)16(22)20-8-12(14(18)9-20)10-4-2-1-3-5-10;/h1-7,12,14H,8-9,18H2,(H,19,21);1H/t12-,14+;/m0./s1. The molecule has 2 heterocycles.